The van der Waals surface area contributed by atoms with Crippen molar-refractivity contribution in [2.45, 2.75) is 73.3 Å². The van der Waals surface area contributed by atoms with E-state index in [0.717, 1.165) is 6.42 Å². The van der Waals surface area contributed by atoms with Crippen LogP contribution in [0.3, 0.4) is 0 Å². The van der Waals surface area contributed by atoms with Crippen LogP contribution in [0.5, 0.6) is 0 Å². The molecule has 0 aromatic carbocycles. The Labute approximate surface area is 122 Å². The van der Waals surface area contributed by atoms with Crippen LogP contribution in [0, 0.1) is 17.3 Å². The molecule has 0 fully saturated rings. The van der Waals surface area contributed by atoms with Gasteiger partial charge in [0.15, 0.2) is 0 Å². The van der Waals surface area contributed by atoms with Crippen LogP contribution >= 0.6 is 0 Å². The van der Waals surface area contributed by atoms with Crippen molar-refractivity contribution in [2.75, 3.05) is 0 Å². The van der Waals surface area contributed by atoms with Gasteiger partial charge in [0.25, 0.3) is 0 Å². The van der Waals surface area contributed by atoms with E-state index in [9.17, 15) is 14.7 Å². The number of hydrogen-bond acceptors (Lipinski definition) is 3. The summed E-state index contributed by atoms with van der Waals surface area (Å²) in [7, 11) is 0. The number of carbonyl (C=O) groups excluding carboxylic acids is 1. The maximum Gasteiger partial charge on any atom is 0.312 e. The maximum atomic E-state index is 12.6. The van der Waals surface area contributed by atoms with Crippen molar-refractivity contribution >= 4 is 11.9 Å². The fraction of sp³-hybridized carbons (Fsp3) is 0.875. The zero-order valence-electron chi connectivity index (χ0n) is 13.7. The van der Waals surface area contributed by atoms with Crippen LogP contribution < -0.4 is 0 Å². The first kappa shape index (κ1) is 18.9. The Morgan fingerprint density at radius 1 is 1.05 bits per heavy atom. The van der Waals surface area contributed by atoms with Crippen LogP contribution in [0.4, 0.5) is 0 Å². The lowest BCUT2D eigenvalue weighted by Gasteiger charge is -2.34. The van der Waals surface area contributed by atoms with Gasteiger partial charge in [0.1, 0.15) is 0 Å². The second-order valence-electron chi connectivity index (χ2n) is 6.67. The van der Waals surface area contributed by atoms with Crippen molar-refractivity contribution in [1.82, 2.24) is 0 Å². The molecule has 0 aromatic heterocycles. The van der Waals surface area contributed by atoms with Gasteiger partial charge in [-0.05, 0) is 38.0 Å². The van der Waals surface area contributed by atoms with Gasteiger partial charge in [-0.2, -0.15) is 0 Å². The molecule has 0 aliphatic heterocycles. The van der Waals surface area contributed by atoms with E-state index in [4.69, 9.17) is 4.74 Å². The molecule has 4 heteroatoms. The minimum absolute atomic E-state index is 0.154. The van der Waals surface area contributed by atoms with E-state index in [1.807, 2.05) is 41.5 Å². The molecule has 0 saturated carbocycles. The molecular formula is C16H30O4. The van der Waals surface area contributed by atoms with Gasteiger partial charge < -0.3 is 9.84 Å². The molecule has 4 nitrogen and oxygen atoms in total. The number of carboxylic acid groups (broad SMARTS) is 1. The summed E-state index contributed by atoms with van der Waals surface area (Å²) in [5.41, 5.74) is -0.905. The highest BCUT2D eigenvalue weighted by molar-refractivity contribution is 5.83. The van der Waals surface area contributed by atoms with Crippen molar-refractivity contribution in [1.29, 1.82) is 0 Å². The number of esters is 1. The van der Waals surface area contributed by atoms with E-state index in [1.54, 1.807) is 0 Å². The Morgan fingerprint density at radius 2 is 1.50 bits per heavy atom. The van der Waals surface area contributed by atoms with E-state index in [2.05, 4.69) is 0 Å². The Kier molecular flexibility index (Phi) is 7.84. The number of carboxylic acids is 1. The standard InChI is InChI=1S/C16H30O4/c1-7-13(6)20-15(19)16(8-11(2)3,9-12(4)5)10-14(17)18/h11-13H,7-10H2,1-6H3,(H,17,18). The van der Waals surface area contributed by atoms with Gasteiger partial charge in [-0.25, -0.2) is 0 Å². The number of carbonyl (C=O) groups is 2. The Bertz CT molecular complexity index is 310. The molecular weight excluding hydrogens is 256 g/mol. The first-order valence-electron chi connectivity index (χ1n) is 7.55. The lowest BCUT2D eigenvalue weighted by molar-refractivity contribution is -0.168. The van der Waals surface area contributed by atoms with Crippen molar-refractivity contribution in [3.05, 3.63) is 0 Å². The molecule has 0 aliphatic rings. The van der Waals surface area contributed by atoms with Gasteiger partial charge in [0.05, 0.1) is 17.9 Å². The summed E-state index contributed by atoms with van der Waals surface area (Å²) in [6, 6.07) is 0. The minimum atomic E-state index is -0.938. The lowest BCUT2D eigenvalue weighted by Crippen LogP contribution is -2.39. The third-order valence-electron chi connectivity index (χ3n) is 3.40. The largest absolute Gasteiger partial charge is 0.481 e. The summed E-state index contributed by atoms with van der Waals surface area (Å²) in [6.07, 6.45) is 1.51. The molecule has 118 valence electrons. The second kappa shape index (κ2) is 8.28. The summed E-state index contributed by atoms with van der Waals surface area (Å²) in [6.45, 7) is 11.8. The fourth-order valence-electron chi connectivity index (χ4n) is 2.71. The van der Waals surface area contributed by atoms with Crippen molar-refractivity contribution < 1.29 is 19.4 Å². The van der Waals surface area contributed by atoms with Gasteiger partial charge in [-0.1, -0.05) is 34.6 Å². The zero-order chi connectivity index (χ0) is 15.9. The molecule has 0 aliphatic carbocycles. The van der Waals surface area contributed by atoms with Gasteiger partial charge in [-0.3, -0.25) is 9.59 Å². The summed E-state index contributed by atoms with van der Waals surface area (Å²) in [4.78, 5) is 23.8. The van der Waals surface area contributed by atoms with Crippen molar-refractivity contribution in [2.24, 2.45) is 17.3 Å². The second-order valence-corrected chi connectivity index (χ2v) is 6.67. The zero-order valence-corrected chi connectivity index (χ0v) is 13.7. The molecule has 20 heavy (non-hydrogen) atoms. The molecule has 0 spiro atoms. The highest BCUT2D eigenvalue weighted by Gasteiger charge is 2.43. The van der Waals surface area contributed by atoms with Crippen LogP contribution in [0.2, 0.25) is 0 Å². The number of hydrogen-bond donors (Lipinski definition) is 1. The van der Waals surface area contributed by atoms with Gasteiger partial charge >= 0.3 is 11.9 Å². The molecule has 0 bridgehead atoms. The SMILES string of the molecule is CCC(C)OC(=O)C(CC(=O)O)(CC(C)C)CC(C)C. The van der Waals surface area contributed by atoms with E-state index in [0.29, 0.717) is 12.8 Å². The smallest absolute Gasteiger partial charge is 0.312 e. The van der Waals surface area contributed by atoms with Crippen molar-refractivity contribution in [3.8, 4) is 0 Å². The monoisotopic (exact) mass is 286 g/mol. The van der Waals surface area contributed by atoms with E-state index in [1.165, 1.54) is 0 Å². The third kappa shape index (κ3) is 6.40. The fourth-order valence-corrected chi connectivity index (χ4v) is 2.71. The number of rotatable bonds is 9. The summed E-state index contributed by atoms with van der Waals surface area (Å²) < 4.78 is 5.47. The summed E-state index contributed by atoms with van der Waals surface area (Å²) in [5, 5.41) is 9.21. The van der Waals surface area contributed by atoms with Gasteiger partial charge in [0.2, 0.25) is 0 Å². The molecule has 0 heterocycles. The molecule has 1 N–H and O–H groups in total. The predicted octanol–water partition coefficient (Wildman–Crippen LogP) is 3.88. The normalized spacial score (nSPS) is 13.6. The molecule has 1 atom stereocenters. The third-order valence-corrected chi connectivity index (χ3v) is 3.40. The van der Waals surface area contributed by atoms with Crippen LogP contribution in [0.15, 0.2) is 0 Å². The van der Waals surface area contributed by atoms with E-state index in [-0.39, 0.29) is 30.3 Å². The predicted molar refractivity (Wildman–Crippen MR) is 79.4 cm³/mol. The minimum Gasteiger partial charge on any atom is -0.481 e. The van der Waals surface area contributed by atoms with Gasteiger partial charge in [-0.15, -0.1) is 0 Å². The van der Waals surface area contributed by atoms with Crippen LogP contribution in [-0.2, 0) is 14.3 Å². The highest BCUT2D eigenvalue weighted by atomic mass is 16.5. The Balaban J connectivity index is 5.33. The molecule has 0 amide bonds. The molecule has 1 unspecified atom stereocenters. The van der Waals surface area contributed by atoms with Crippen LogP contribution in [0.25, 0.3) is 0 Å². The van der Waals surface area contributed by atoms with Crippen molar-refractivity contribution in [3.63, 3.8) is 0 Å². The number of ether oxygens (including phenoxy) is 1. The summed E-state index contributed by atoms with van der Waals surface area (Å²) >= 11 is 0. The molecule has 0 saturated heterocycles. The van der Waals surface area contributed by atoms with Crippen LogP contribution in [-0.4, -0.2) is 23.1 Å². The average Bonchev–Trinajstić information content (AvgIpc) is 2.25. The quantitative estimate of drug-likeness (QED) is 0.653. The van der Waals surface area contributed by atoms with Crippen LogP contribution in [0.1, 0.15) is 67.2 Å². The Hall–Kier alpha value is -1.06. The lowest BCUT2D eigenvalue weighted by atomic mass is 9.72. The highest BCUT2D eigenvalue weighted by Crippen LogP contribution is 2.39. The van der Waals surface area contributed by atoms with Gasteiger partial charge in [0, 0.05) is 0 Å². The van der Waals surface area contributed by atoms with E-state index < -0.39 is 11.4 Å². The van der Waals surface area contributed by atoms with E-state index >= 15 is 0 Å². The molecule has 0 radical (unpaired) electrons. The first-order valence-corrected chi connectivity index (χ1v) is 7.55. The Morgan fingerprint density at radius 3 is 1.80 bits per heavy atom. The first-order chi connectivity index (χ1) is 9.12. The maximum absolute atomic E-state index is 12.6. The average molecular weight is 286 g/mol. The topological polar surface area (TPSA) is 63.6 Å². The number of aliphatic carboxylic acids is 1. The molecule has 0 aromatic rings. The summed E-state index contributed by atoms with van der Waals surface area (Å²) in [5.74, 6) is -0.792. The molecule has 0 rings (SSSR count).